The maximum absolute atomic E-state index is 12.1. The molecule has 1 aliphatic heterocycles. The Hall–Kier alpha value is -1.87. The van der Waals surface area contributed by atoms with Gasteiger partial charge in [0.2, 0.25) is 5.78 Å². The number of carbonyl (C=O) groups excluding carboxylic acids is 2. The zero-order chi connectivity index (χ0) is 13.4. The van der Waals surface area contributed by atoms with E-state index in [1.807, 2.05) is 36.4 Å². The van der Waals surface area contributed by atoms with Gasteiger partial charge in [0.1, 0.15) is 0 Å². The van der Waals surface area contributed by atoms with Gasteiger partial charge in [0.25, 0.3) is 5.91 Å². The van der Waals surface area contributed by atoms with Gasteiger partial charge in [-0.1, -0.05) is 54.1 Å². The fourth-order valence-electron chi connectivity index (χ4n) is 2.54. The van der Waals surface area contributed by atoms with E-state index in [2.05, 4.69) is 0 Å². The summed E-state index contributed by atoms with van der Waals surface area (Å²) in [7, 11) is 0. The molecule has 0 bridgehead atoms. The van der Waals surface area contributed by atoms with Crippen molar-refractivity contribution in [3.05, 3.63) is 59.2 Å². The number of halogens is 1. The molecule has 0 unspecified atom stereocenters. The number of allylic oxidation sites excluding steroid dienone is 2. The number of fused-ring (bicyclic) bond motifs is 1. The molecule has 4 heteroatoms. The lowest BCUT2D eigenvalue weighted by molar-refractivity contribution is -0.141. The van der Waals surface area contributed by atoms with Crippen molar-refractivity contribution in [2.45, 2.75) is 12.6 Å². The van der Waals surface area contributed by atoms with Crippen LogP contribution in [0.4, 0.5) is 0 Å². The lowest BCUT2D eigenvalue weighted by Crippen LogP contribution is -2.33. The van der Waals surface area contributed by atoms with Crippen LogP contribution in [0.5, 0.6) is 0 Å². The molecule has 3 rings (SSSR count). The summed E-state index contributed by atoms with van der Waals surface area (Å²) in [4.78, 5) is 25.6. The monoisotopic (exact) mass is 273 g/mol. The van der Waals surface area contributed by atoms with Crippen molar-refractivity contribution in [3.8, 4) is 0 Å². The first-order valence-electron chi connectivity index (χ1n) is 6.11. The molecular weight excluding hydrogens is 262 g/mol. The smallest absolute Gasteiger partial charge is 0.291 e. The van der Waals surface area contributed by atoms with Crippen LogP contribution in [0.15, 0.2) is 48.6 Å². The van der Waals surface area contributed by atoms with Crippen LogP contribution in [0.25, 0.3) is 0 Å². The average Bonchev–Trinajstić information content (AvgIpc) is 2.67. The average molecular weight is 274 g/mol. The molecule has 1 saturated heterocycles. The van der Waals surface area contributed by atoms with Crippen LogP contribution in [0.2, 0.25) is 5.02 Å². The SMILES string of the molecule is O=C1C(=O)N(Cc2ccccc2Cl)[C@H]2C=CC=C[C@H]12. The van der Waals surface area contributed by atoms with Crippen molar-refractivity contribution in [2.24, 2.45) is 5.92 Å². The maximum Gasteiger partial charge on any atom is 0.291 e. The van der Waals surface area contributed by atoms with E-state index in [1.54, 1.807) is 17.0 Å². The van der Waals surface area contributed by atoms with Gasteiger partial charge in [-0.05, 0) is 11.6 Å². The molecule has 1 fully saturated rings. The van der Waals surface area contributed by atoms with E-state index >= 15 is 0 Å². The zero-order valence-corrected chi connectivity index (χ0v) is 10.9. The second-order valence-corrected chi connectivity index (χ2v) is 5.08. The number of Topliss-reactive ketones (excluding diaryl/α,β-unsaturated/α-hetero) is 1. The van der Waals surface area contributed by atoms with Crippen LogP contribution in [0.1, 0.15) is 5.56 Å². The number of likely N-dealkylation sites (tertiary alicyclic amines) is 1. The van der Waals surface area contributed by atoms with Crippen LogP contribution in [-0.4, -0.2) is 22.6 Å². The Morgan fingerprint density at radius 2 is 1.84 bits per heavy atom. The van der Waals surface area contributed by atoms with Gasteiger partial charge in [-0.3, -0.25) is 9.59 Å². The Labute approximate surface area is 116 Å². The third-order valence-electron chi connectivity index (χ3n) is 3.54. The van der Waals surface area contributed by atoms with E-state index in [0.29, 0.717) is 11.6 Å². The van der Waals surface area contributed by atoms with Gasteiger partial charge in [-0.2, -0.15) is 0 Å². The molecule has 1 aromatic carbocycles. The fourth-order valence-corrected chi connectivity index (χ4v) is 2.74. The van der Waals surface area contributed by atoms with Crippen molar-refractivity contribution in [2.75, 3.05) is 0 Å². The summed E-state index contributed by atoms with van der Waals surface area (Å²) in [5, 5.41) is 0.613. The number of rotatable bonds is 2. The molecule has 1 aliphatic carbocycles. The zero-order valence-electron chi connectivity index (χ0n) is 10.1. The van der Waals surface area contributed by atoms with E-state index < -0.39 is 5.91 Å². The van der Waals surface area contributed by atoms with E-state index in [0.717, 1.165) is 5.56 Å². The predicted octanol–water partition coefficient (Wildman–Crippen LogP) is 2.36. The van der Waals surface area contributed by atoms with Crippen molar-refractivity contribution in [3.63, 3.8) is 0 Å². The number of amides is 1. The number of carbonyl (C=O) groups is 2. The summed E-state index contributed by atoms with van der Waals surface area (Å²) in [6.07, 6.45) is 7.36. The summed E-state index contributed by atoms with van der Waals surface area (Å²) in [6, 6.07) is 7.19. The first kappa shape index (κ1) is 12.2. The summed E-state index contributed by atoms with van der Waals surface area (Å²) >= 11 is 6.11. The molecule has 19 heavy (non-hydrogen) atoms. The Bertz CT molecular complexity index is 606. The molecule has 0 aromatic heterocycles. The first-order chi connectivity index (χ1) is 9.18. The summed E-state index contributed by atoms with van der Waals surface area (Å²) in [5.41, 5.74) is 0.855. The molecule has 0 saturated carbocycles. The third kappa shape index (κ3) is 2.00. The molecule has 3 nitrogen and oxygen atoms in total. The minimum Gasteiger partial charge on any atom is -0.324 e. The minimum atomic E-state index is -0.425. The Balaban J connectivity index is 1.91. The molecular formula is C15H12ClNO2. The second-order valence-electron chi connectivity index (χ2n) is 4.67. The summed E-state index contributed by atoms with van der Waals surface area (Å²) < 4.78 is 0. The Kier molecular flexibility index (Phi) is 2.99. The van der Waals surface area contributed by atoms with Crippen molar-refractivity contribution in [1.82, 2.24) is 4.90 Å². The van der Waals surface area contributed by atoms with Gasteiger partial charge < -0.3 is 4.90 Å². The highest BCUT2D eigenvalue weighted by Crippen LogP contribution is 2.30. The Morgan fingerprint density at radius 3 is 2.63 bits per heavy atom. The highest BCUT2D eigenvalue weighted by Gasteiger charge is 2.45. The molecule has 96 valence electrons. The van der Waals surface area contributed by atoms with Crippen molar-refractivity contribution < 1.29 is 9.59 Å². The Morgan fingerprint density at radius 1 is 1.11 bits per heavy atom. The minimum absolute atomic E-state index is 0.179. The molecule has 0 spiro atoms. The third-order valence-corrected chi connectivity index (χ3v) is 3.91. The summed E-state index contributed by atoms with van der Waals surface area (Å²) in [6.45, 7) is 0.365. The summed E-state index contributed by atoms with van der Waals surface area (Å²) in [5.74, 6) is -1.11. The molecule has 1 aromatic rings. The standard InChI is InChI=1S/C15H12ClNO2/c16-12-7-3-1-5-10(12)9-17-13-8-4-2-6-11(13)14(18)15(17)19/h1-8,11,13H,9H2/t11-,13-/m0/s1. The van der Waals surface area contributed by atoms with E-state index in [4.69, 9.17) is 11.6 Å². The number of hydrogen-bond acceptors (Lipinski definition) is 2. The van der Waals surface area contributed by atoms with Crippen LogP contribution >= 0.6 is 11.6 Å². The van der Waals surface area contributed by atoms with Gasteiger partial charge in [0.05, 0.1) is 12.0 Å². The van der Waals surface area contributed by atoms with Gasteiger partial charge in [-0.15, -0.1) is 0 Å². The van der Waals surface area contributed by atoms with Crippen molar-refractivity contribution >= 4 is 23.3 Å². The van der Waals surface area contributed by atoms with E-state index in [9.17, 15) is 9.59 Å². The van der Waals surface area contributed by atoms with E-state index in [-0.39, 0.29) is 17.7 Å². The largest absolute Gasteiger partial charge is 0.324 e. The quantitative estimate of drug-likeness (QED) is 0.776. The van der Waals surface area contributed by atoms with Gasteiger partial charge in [0.15, 0.2) is 0 Å². The van der Waals surface area contributed by atoms with Gasteiger partial charge in [0, 0.05) is 11.6 Å². The van der Waals surface area contributed by atoms with Crippen molar-refractivity contribution in [1.29, 1.82) is 0 Å². The van der Waals surface area contributed by atoms with Crippen LogP contribution in [0.3, 0.4) is 0 Å². The highest BCUT2D eigenvalue weighted by atomic mass is 35.5. The normalized spacial score (nSPS) is 25.0. The molecule has 0 N–H and O–H groups in total. The number of nitrogens with zero attached hydrogens (tertiary/aromatic N) is 1. The molecule has 2 atom stereocenters. The van der Waals surface area contributed by atoms with Crippen LogP contribution < -0.4 is 0 Å². The number of ketones is 1. The van der Waals surface area contributed by atoms with Gasteiger partial charge in [-0.25, -0.2) is 0 Å². The lowest BCUT2D eigenvalue weighted by Gasteiger charge is -2.25. The first-order valence-corrected chi connectivity index (χ1v) is 6.49. The van der Waals surface area contributed by atoms with Crippen LogP contribution in [-0.2, 0) is 16.1 Å². The van der Waals surface area contributed by atoms with Gasteiger partial charge >= 0.3 is 0 Å². The fraction of sp³-hybridized carbons (Fsp3) is 0.200. The number of benzene rings is 1. The molecule has 1 amide bonds. The molecule has 2 aliphatic rings. The lowest BCUT2D eigenvalue weighted by atomic mass is 9.95. The maximum atomic E-state index is 12.1. The van der Waals surface area contributed by atoms with E-state index in [1.165, 1.54) is 0 Å². The topological polar surface area (TPSA) is 37.4 Å². The number of hydrogen-bond donors (Lipinski definition) is 0. The predicted molar refractivity (Wildman–Crippen MR) is 72.6 cm³/mol. The van der Waals surface area contributed by atoms with Crippen LogP contribution in [0, 0.1) is 5.92 Å². The highest BCUT2D eigenvalue weighted by molar-refractivity contribution is 6.39. The second kappa shape index (κ2) is 4.67. The molecule has 0 radical (unpaired) electrons. The molecule has 1 heterocycles.